The minimum atomic E-state index is -0.217. The third-order valence-corrected chi connectivity index (χ3v) is 10.7. The van der Waals surface area contributed by atoms with Gasteiger partial charge in [-0.1, -0.05) is 43.0 Å². The predicted octanol–water partition coefficient (Wildman–Crippen LogP) is 5.12. The molecular formula is C31H45ClN6O. The summed E-state index contributed by atoms with van der Waals surface area (Å²) in [5.41, 5.74) is 7.56. The molecule has 2 aliphatic carbocycles. The van der Waals surface area contributed by atoms with Gasteiger partial charge in [-0.15, -0.1) is 0 Å². The Morgan fingerprint density at radius 3 is 2.33 bits per heavy atom. The fourth-order valence-corrected chi connectivity index (χ4v) is 8.64. The molecule has 3 heterocycles. The smallest absolute Gasteiger partial charge is 0.240 e. The molecule has 8 heteroatoms. The summed E-state index contributed by atoms with van der Waals surface area (Å²) in [5, 5.41) is 9.08. The number of piperidine rings is 1. The van der Waals surface area contributed by atoms with Crippen LogP contribution in [0.25, 0.3) is 0 Å². The first kappa shape index (κ1) is 27.2. The van der Waals surface area contributed by atoms with Gasteiger partial charge in [0.05, 0.1) is 6.04 Å². The van der Waals surface area contributed by atoms with Gasteiger partial charge in [0, 0.05) is 35.7 Å². The summed E-state index contributed by atoms with van der Waals surface area (Å²) in [6, 6.07) is 9.07. The molecule has 0 radical (unpaired) electrons. The Labute approximate surface area is 238 Å². The molecule has 7 nitrogen and oxygen atoms in total. The zero-order valence-corrected chi connectivity index (χ0v) is 23.9. The van der Waals surface area contributed by atoms with Gasteiger partial charge >= 0.3 is 0 Å². The summed E-state index contributed by atoms with van der Waals surface area (Å²) in [4.78, 5) is 21.0. The van der Waals surface area contributed by atoms with Gasteiger partial charge in [-0.2, -0.15) is 5.10 Å². The molecule has 2 unspecified atom stereocenters. The molecule has 1 aromatic carbocycles. The first-order chi connectivity index (χ1) is 19.0. The lowest BCUT2D eigenvalue weighted by Gasteiger charge is -2.52. The summed E-state index contributed by atoms with van der Waals surface area (Å²) >= 11 is 6.18. The Morgan fingerprint density at radius 1 is 1.00 bits per heavy atom. The molecule has 2 bridgehead atoms. The second-order valence-corrected chi connectivity index (χ2v) is 13.4. The van der Waals surface area contributed by atoms with Crippen molar-refractivity contribution in [2.24, 2.45) is 17.1 Å². The number of nitrogens with two attached hydrogens (primary N) is 1. The molecule has 2 saturated heterocycles. The fourth-order valence-electron chi connectivity index (χ4n) is 8.51. The number of hydrogen-bond acceptors (Lipinski definition) is 5. The number of carbonyl (C=O) groups excluding carboxylic acids is 1. The molecule has 4 aliphatic rings. The fraction of sp³-hybridized carbons (Fsp3) is 0.710. The topological polar surface area (TPSA) is 89.1 Å². The molecule has 3 atom stereocenters. The van der Waals surface area contributed by atoms with E-state index in [1.807, 2.05) is 18.5 Å². The number of rotatable bonds is 8. The van der Waals surface area contributed by atoms with Gasteiger partial charge < -0.3 is 16.0 Å². The van der Waals surface area contributed by atoms with Crippen LogP contribution in [0.15, 0.2) is 36.9 Å². The standard InChI is InChI=1S/C31H45ClN6O/c32-24-8-6-22(7-9-24)16-29(36-26-12-10-25(33)11-13-26)30(39)38-27-14-15-28(38)18-31(17-27,19-37-21-34-20-35-37)23-4-2-1-3-5-23/h6-9,20-21,23,25-29,36H,1-5,10-19,33H2/t25-,26-,27?,28?,29-,31?/m1/s1. The summed E-state index contributed by atoms with van der Waals surface area (Å²) < 4.78 is 2.06. The van der Waals surface area contributed by atoms with Crippen LogP contribution in [0.2, 0.25) is 5.02 Å². The summed E-state index contributed by atoms with van der Waals surface area (Å²) in [6.45, 7) is 0.932. The monoisotopic (exact) mass is 552 g/mol. The number of halogens is 1. The molecular weight excluding hydrogens is 508 g/mol. The lowest BCUT2D eigenvalue weighted by atomic mass is 9.62. The van der Waals surface area contributed by atoms with Crippen molar-refractivity contribution in [1.29, 1.82) is 0 Å². The van der Waals surface area contributed by atoms with Crippen LogP contribution in [0.4, 0.5) is 0 Å². The van der Waals surface area contributed by atoms with Crippen molar-refractivity contribution in [3.05, 3.63) is 47.5 Å². The minimum absolute atomic E-state index is 0.204. The maximum Gasteiger partial charge on any atom is 0.240 e. The Bertz CT molecular complexity index is 1060. The molecule has 6 rings (SSSR count). The van der Waals surface area contributed by atoms with Crippen LogP contribution in [-0.2, 0) is 17.8 Å². The molecule has 212 valence electrons. The van der Waals surface area contributed by atoms with Crippen LogP contribution in [-0.4, -0.2) is 55.8 Å². The highest BCUT2D eigenvalue weighted by molar-refractivity contribution is 6.30. The number of carbonyl (C=O) groups is 1. The predicted molar refractivity (Wildman–Crippen MR) is 154 cm³/mol. The molecule has 1 aromatic heterocycles. The first-order valence-corrected chi connectivity index (χ1v) is 15.8. The van der Waals surface area contributed by atoms with E-state index in [1.54, 1.807) is 6.33 Å². The number of aromatic nitrogens is 3. The van der Waals surface area contributed by atoms with Crippen LogP contribution >= 0.6 is 11.6 Å². The van der Waals surface area contributed by atoms with E-state index in [-0.39, 0.29) is 11.5 Å². The van der Waals surface area contributed by atoms with Gasteiger partial charge in [-0.05, 0) is 99.7 Å². The van der Waals surface area contributed by atoms with Crippen LogP contribution in [0.1, 0.15) is 89.0 Å². The zero-order valence-electron chi connectivity index (χ0n) is 23.2. The van der Waals surface area contributed by atoms with Crippen LogP contribution in [0.5, 0.6) is 0 Å². The van der Waals surface area contributed by atoms with E-state index in [1.165, 1.54) is 32.1 Å². The lowest BCUT2D eigenvalue weighted by Crippen LogP contribution is -2.59. The second kappa shape index (κ2) is 11.9. The average molecular weight is 553 g/mol. The molecule has 2 aliphatic heterocycles. The Morgan fingerprint density at radius 2 is 1.69 bits per heavy atom. The highest BCUT2D eigenvalue weighted by Crippen LogP contribution is 2.54. The maximum absolute atomic E-state index is 14.5. The molecule has 0 spiro atoms. The maximum atomic E-state index is 14.5. The zero-order chi connectivity index (χ0) is 26.8. The number of fused-ring (bicyclic) bond motifs is 2. The molecule has 1 amide bonds. The van der Waals surface area contributed by atoms with E-state index < -0.39 is 0 Å². The van der Waals surface area contributed by atoms with E-state index in [0.717, 1.165) is 68.5 Å². The van der Waals surface area contributed by atoms with Crippen molar-refractivity contribution in [2.75, 3.05) is 0 Å². The Kier molecular flexibility index (Phi) is 8.29. The van der Waals surface area contributed by atoms with E-state index in [2.05, 4.69) is 37.1 Å². The van der Waals surface area contributed by atoms with Crippen molar-refractivity contribution in [3.8, 4) is 0 Å². The van der Waals surface area contributed by atoms with Crippen molar-refractivity contribution in [3.63, 3.8) is 0 Å². The molecule has 2 aromatic rings. The number of nitrogens with zero attached hydrogens (tertiary/aromatic N) is 4. The molecule has 39 heavy (non-hydrogen) atoms. The van der Waals surface area contributed by atoms with Gasteiger partial charge in [0.1, 0.15) is 12.7 Å². The van der Waals surface area contributed by atoms with Crippen LogP contribution in [0, 0.1) is 11.3 Å². The van der Waals surface area contributed by atoms with Gasteiger partial charge in [0.2, 0.25) is 5.91 Å². The minimum Gasteiger partial charge on any atom is -0.335 e. The van der Waals surface area contributed by atoms with Gasteiger partial charge in [-0.3, -0.25) is 9.48 Å². The van der Waals surface area contributed by atoms with E-state index in [4.69, 9.17) is 17.3 Å². The van der Waals surface area contributed by atoms with E-state index in [9.17, 15) is 4.79 Å². The number of nitrogens with one attached hydrogen (secondary N) is 1. The Balaban J connectivity index is 1.23. The van der Waals surface area contributed by atoms with Gasteiger partial charge in [-0.25, -0.2) is 4.98 Å². The average Bonchev–Trinajstić information content (AvgIpc) is 3.56. The normalized spacial score (nSPS) is 32.3. The molecule has 3 N–H and O–H groups in total. The third kappa shape index (κ3) is 6.06. The van der Waals surface area contributed by atoms with Crippen LogP contribution < -0.4 is 11.1 Å². The summed E-state index contributed by atoms with van der Waals surface area (Å²) in [6.07, 6.45) is 19.4. The highest BCUT2D eigenvalue weighted by atomic mass is 35.5. The van der Waals surface area contributed by atoms with Gasteiger partial charge in [0.25, 0.3) is 0 Å². The van der Waals surface area contributed by atoms with Crippen LogP contribution in [0.3, 0.4) is 0 Å². The SMILES string of the molecule is N[C@H]1CC[C@H](N[C@H](Cc2ccc(Cl)cc2)C(=O)N2C3CCC2CC(Cn2cncn2)(C2CCCCC2)C3)CC1. The van der Waals surface area contributed by atoms with Crippen molar-refractivity contribution in [1.82, 2.24) is 25.0 Å². The molecule has 2 saturated carbocycles. The highest BCUT2D eigenvalue weighted by Gasteiger charge is 2.54. The Hall–Kier alpha value is -1.96. The van der Waals surface area contributed by atoms with E-state index in [0.29, 0.717) is 42.4 Å². The summed E-state index contributed by atoms with van der Waals surface area (Å²) in [7, 11) is 0. The lowest BCUT2D eigenvalue weighted by molar-refractivity contribution is -0.143. The van der Waals surface area contributed by atoms with E-state index >= 15 is 0 Å². The first-order valence-electron chi connectivity index (χ1n) is 15.4. The largest absolute Gasteiger partial charge is 0.335 e. The quantitative estimate of drug-likeness (QED) is 0.474. The molecule has 4 fully saturated rings. The van der Waals surface area contributed by atoms with Crippen molar-refractivity contribution < 1.29 is 4.79 Å². The van der Waals surface area contributed by atoms with Crippen molar-refractivity contribution in [2.45, 2.75) is 127 Å². The number of benzene rings is 1. The number of hydrogen-bond donors (Lipinski definition) is 2. The van der Waals surface area contributed by atoms with Crippen molar-refractivity contribution >= 4 is 17.5 Å². The number of amides is 1. The second-order valence-electron chi connectivity index (χ2n) is 13.0. The third-order valence-electron chi connectivity index (χ3n) is 10.4. The summed E-state index contributed by atoms with van der Waals surface area (Å²) in [5.74, 6) is 1.01. The van der Waals surface area contributed by atoms with Gasteiger partial charge in [0.15, 0.2) is 0 Å².